The molecule has 2 aromatic carbocycles. The van der Waals surface area contributed by atoms with Gasteiger partial charge in [0.1, 0.15) is 17.5 Å². The molecule has 1 amide bonds. The van der Waals surface area contributed by atoms with E-state index in [1.54, 1.807) is 57.2 Å². The number of carbonyl (C=O) groups is 1. The van der Waals surface area contributed by atoms with Gasteiger partial charge in [0.25, 0.3) is 0 Å². The number of amides is 1. The van der Waals surface area contributed by atoms with Crippen molar-refractivity contribution in [1.82, 2.24) is 4.90 Å². The molecule has 226 valence electrons. The van der Waals surface area contributed by atoms with Crippen molar-refractivity contribution >= 4 is 27.9 Å². The molecule has 1 atom stereocenters. The first kappa shape index (κ1) is 31.2. The standard InChI is InChI=1S/C30H34F3N3O5S/c1-5-42(38,39)36-23(10-9-20-7-6-8-21(15-20)19-34)16-22-17-27(25(18-26(22)36)30(31,32)33)40-24-11-13-35(14-12-24)28(37)41-29(2,3)4/h6-10,15,17-18,23-24H,5,11-14,16H2,1-4H3/b10-9+. The lowest BCUT2D eigenvalue weighted by atomic mass is 10.0. The van der Waals surface area contributed by atoms with Gasteiger partial charge in [-0.1, -0.05) is 24.3 Å². The molecule has 0 radical (unpaired) electrons. The summed E-state index contributed by atoms with van der Waals surface area (Å²) in [5, 5.41) is 9.17. The van der Waals surface area contributed by atoms with E-state index >= 15 is 0 Å². The Hall–Kier alpha value is -3.72. The summed E-state index contributed by atoms with van der Waals surface area (Å²) in [7, 11) is -3.94. The van der Waals surface area contributed by atoms with E-state index in [1.165, 1.54) is 17.9 Å². The number of nitriles is 1. The maximum atomic E-state index is 14.3. The van der Waals surface area contributed by atoms with Crippen molar-refractivity contribution in [2.45, 2.75) is 70.9 Å². The molecule has 1 fully saturated rings. The smallest absolute Gasteiger partial charge is 0.420 e. The number of anilines is 1. The van der Waals surface area contributed by atoms with E-state index in [9.17, 15) is 26.4 Å². The summed E-state index contributed by atoms with van der Waals surface area (Å²) in [5.74, 6) is -0.659. The maximum Gasteiger partial charge on any atom is 0.420 e. The van der Waals surface area contributed by atoms with E-state index in [0.717, 1.165) is 10.4 Å². The fraction of sp³-hybridized carbons (Fsp3) is 0.467. The molecule has 4 rings (SSSR count). The third-order valence-corrected chi connectivity index (χ3v) is 8.83. The van der Waals surface area contributed by atoms with Crippen LogP contribution in [-0.4, -0.2) is 56.0 Å². The number of benzene rings is 2. The van der Waals surface area contributed by atoms with Crippen molar-refractivity contribution in [2.75, 3.05) is 23.1 Å². The largest absolute Gasteiger partial charge is 0.490 e. The normalized spacial score (nSPS) is 18.2. The van der Waals surface area contributed by atoms with Gasteiger partial charge in [-0.25, -0.2) is 13.2 Å². The molecule has 12 heteroatoms. The molecule has 1 unspecified atom stereocenters. The van der Waals surface area contributed by atoms with Crippen LogP contribution in [-0.2, 0) is 27.4 Å². The van der Waals surface area contributed by atoms with E-state index in [0.29, 0.717) is 29.5 Å². The quantitative estimate of drug-likeness (QED) is 0.392. The molecule has 8 nitrogen and oxygen atoms in total. The lowest BCUT2D eigenvalue weighted by Gasteiger charge is -2.34. The number of likely N-dealkylation sites (tertiary alicyclic amines) is 1. The summed E-state index contributed by atoms with van der Waals surface area (Å²) in [6.07, 6.45) is -1.77. The molecule has 0 N–H and O–H groups in total. The molecular weight excluding hydrogens is 571 g/mol. The molecule has 0 bridgehead atoms. The van der Waals surface area contributed by atoms with Gasteiger partial charge in [-0.2, -0.15) is 18.4 Å². The van der Waals surface area contributed by atoms with Crippen molar-refractivity contribution in [3.05, 3.63) is 64.7 Å². The Morgan fingerprint density at radius 3 is 2.43 bits per heavy atom. The molecule has 2 aromatic rings. The first-order valence-electron chi connectivity index (χ1n) is 13.7. The zero-order chi connectivity index (χ0) is 30.9. The minimum Gasteiger partial charge on any atom is -0.490 e. The number of hydrogen-bond acceptors (Lipinski definition) is 6. The van der Waals surface area contributed by atoms with Crippen LogP contribution in [0.3, 0.4) is 0 Å². The van der Waals surface area contributed by atoms with Gasteiger partial charge in [0.05, 0.1) is 34.7 Å². The van der Waals surface area contributed by atoms with Gasteiger partial charge in [-0.05, 0) is 69.5 Å². The van der Waals surface area contributed by atoms with Crippen LogP contribution in [0.5, 0.6) is 5.75 Å². The van der Waals surface area contributed by atoms with Gasteiger partial charge in [0.15, 0.2) is 0 Å². The van der Waals surface area contributed by atoms with Crippen LogP contribution in [0.25, 0.3) is 6.08 Å². The van der Waals surface area contributed by atoms with Crippen LogP contribution in [0, 0.1) is 11.3 Å². The summed E-state index contributed by atoms with van der Waals surface area (Å²) in [6, 6.07) is 10.2. The number of halogens is 3. The lowest BCUT2D eigenvalue weighted by molar-refractivity contribution is -0.139. The third kappa shape index (κ3) is 7.18. The van der Waals surface area contributed by atoms with E-state index in [-0.39, 0.29) is 36.7 Å². The number of piperidine rings is 1. The number of fused-ring (bicyclic) bond motifs is 1. The lowest BCUT2D eigenvalue weighted by Crippen LogP contribution is -2.44. The zero-order valence-electron chi connectivity index (χ0n) is 23.9. The van der Waals surface area contributed by atoms with Crippen LogP contribution >= 0.6 is 0 Å². The summed E-state index contributed by atoms with van der Waals surface area (Å²) in [5.41, 5.74) is -0.240. The molecular formula is C30H34F3N3O5S. The summed E-state index contributed by atoms with van der Waals surface area (Å²) < 4.78 is 81.4. The monoisotopic (exact) mass is 605 g/mol. The minimum absolute atomic E-state index is 0.0308. The number of carbonyl (C=O) groups excluding carboxylic acids is 1. The number of hydrogen-bond donors (Lipinski definition) is 0. The van der Waals surface area contributed by atoms with Crippen LogP contribution in [0.15, 0.2) is 42.5 Å². The highest BCUT2D eigenvalue weighted by atomic mass is 32.2. The second-order valence-corrected chi connectivity index (χ2v) is 13.5. The molecule has 0 saturated carbocycles. The van der Waals surface area contributed by atoms with Crippen molar-refractivity contribution < 1.29 is 35.9 Å². The first-order chi connectivity index (χ1) is 19.6. The fourth-order valence-electron chi connectivity index (χ4n) is 5.02. The number of ether oxygens (including phenoxy) is 2. The first-order valence-corrected chi connectivity index (χ1v) is 15.3. The molecule has 42 heavy (non-hydrogen) atoms. The number of alkyl halides is 3. The van der Waals surface area contributed by atoms with E-state index < -0.39 is 45.6 Å². The topological polar surface area (TPSA) is 99.9 Å². The molecule has 2 aliphatic rings. The Kier molecular flexibility index (Phi) is 8.83. The molecule has 2 heterocycles. The third-order valence-electron chi connectivity index (χ3n) is 7.03. The Labute approximate surface area is 244 Å². The van der Waals surface area contributed by atoms with Gasteiger partial charge < -0.3 is 14.4 Å². The summed E-state index contributed by atoms with van der Waals surface area (Å²) in [4.78, 5) is 13.9. The van der Waals surface area contributed by atoms with Crippen LogP contribution in [0.2, 0.25) is 0 Å². The zero-order valence-corrected chi connectivity index (χ0v) is 24.8. The van der Waals surface area contributed by atoms with Gasteiger partial charge in [0, 0.05) is 25.9 Å². The predicted octanol–water partition coefficient (Wildman–Crippen LogP) is 6.15. The van der Waals surface area contributed by atoms with Crippen molar-refractivity contribution in [2.24, 2.45) is 0 Å². The Morgan fingerprint density at radius 1 is 1.14 bits per heavy atom. The molecule has 0 aromatic heterocycles. The van der Waals surface area contributed by atoms with Crippen LogP contribution in [0.4, 0.5) is 23.7 Å². The average Bonchev–Trinajstić information content (AvgIpc) is 3.28. The fourth-order valence-corrected chi connectivity index (χ4v) is 6.33. The highest BCUT2D eigenvalue weighted by molar-refractivity contribution is 7.92. The molecule has 2 aliphatic heterocycles. The molecule has 0 spiro atoms. The van der Waals surface area contributed by atoms with Gasteiger partial charge in [-0.3, -0.25) is 4.31 Å². The van der Waals surface area contributed by atoms with Crippen LogP contribution < -0.4 is 9.04 Å². The van der Waals surface area contributed by atoms with Gasteiger partial charge in [0.2, 0.25) is 10.0 Å². The SMILES string of the molecule is CCS(=O)(=O)N1c2cc(C(F)(F)F)c(OC3CCN(C(=O)OC(C)(C)C)CC3)cc2CC1/C=C/c1cccc(C#N)c1. The number of rotatable bonds is 6. The molecule has 0 aliphatic carbocycles. The number of sulfonamides is 1. The van der Waals surface area contributed by atoms with E-state index in [2.05, 4.69) is 0 Å². The summed E-state index contributed by atoms with van der Waals surface area (Å²) >= 11 is 0. The number of nitrogens with zero attached hydrogens (tertiary/aromatic N) is 3. The van der Waals surface area contributed by atoms with Crippen molar-refractivity contribution in [3.8, 4) is 11.8 Å². The minimum atomic E-state index is -4.80. The van der Waals surface area contributed by atoms with E-state index in [1.807, 2.05) is 6.07 Å². The van der Waals surface area contributed by atoms with Crippen molar-refractivity contribution in [1.29, 1.82) is 5.26 Å². The predicted molar refractivity (Wildman–Crippen MR) is 153 cm³/mol. The molecule has 1 saturated heterocycles. The Balaban J connectivity index is 1.61. The highest BCUT2D eigenvalue weighted by Gasteiger charge is 2.42. The second kappa shape index (κ2) is 11.9. The van der Waals surface area contributed by atoms with Gasteiger partial charge >= 0.3 is 12.3 Å². The summed E-state index contributed by atoms with van der Waals surface area (Å²) in [6.45, 7) is 7.25. The Morgan fingerprint density at radius 2 is 1.83 bits per heavy atom. The average molecular weight is 606 g/mol. The maximum absolute atomic E-state index is 14.3. The highest BCUT2D eigenvalue weighted by Crippen LogP contribution is 2.45. The van der Waals surface area contributed by atoms with Crippen LogP contribution in [0.1, 0.15) is 62.8 Å². The van der Waals surface area contributed by atoms with Crippen molar-refractivity contribution in [3.63, 3.8) is 0 Å². The van der Waals surface area contributed by atoms with Gasteiger partial charge in [-0.15, -0.1) is 0 Å². The Bertz CT molecular complexity index is 1500. The van der Waals surface area contributed by atoms with E-state index in [4.69, 9.17) is 14.7 Å². The second-order valence-electron chi connectivity index (χ2n) is 11.3.